The fourth-order valence-electron chi connectivity index (χ4n) is 5.09. The van der Waals surface area contributed by atoms with Gasteiger partial charge in [-0.1, -0.05) is 50.2 Å². The molecule has 2 aliphatic rings. The van der Waals surface area contributed by atoms with Crippen LogP contribution >= 0.6 is 0 Å². The van der Waals surface area contributed by atoms with Crippen LogP contribution in [0.15, 0.2) is 54.7 Å². The first kappa shape index (κ1) is 24.1. The lowest BCUT2D eigenvalue weighted by Gasteiger charge is -2.35. The van der Waals surface area contributed by atoms with Gasteiger partial charge in [-0.3, -0.25) is 14.5 Å². The van der Waals surface area contributed by atoms with Gasteiger partial charge in [0.15, 0.2) is 5.82 Å². The molecule has 7 nitrogen and oxygen atoms in total. The van der Waals surface area contributed by atoms with E-state index in [4.69, 9.17) is 9.72 Å². The number of ether oxygens (including phenoxy) is 1. The molecule has 3 aromatic rings. The Morgan fingerprint density at radius 1 is 1.06 bits per heavy atom. The molecule has 2 amide bonds. The summed E-state index contributed by atoms with van der Waals surface area (Å²) in [5.41, 5.74) is 4.59. The lowest BCUT2D eigenvalue weighted by molar-refractivity contribution is -0.117. The van der Waals surface area contributed by atoms with E-state index in [1.807, 2.05) is 61.2 Å². The van der Waals surface area contributed by atoms with Crippen LogP contribution in [-0.2, 0) is 22.5 Å². The zero-order valence-corrected chi connectivity index (χ0v) is 21.3. The van der Waals surface area contributed by atoms with E-state index in [9.17, 15) is 9.59 Å². The lowest BCUT2D eigenvalue weighted by atomic mass is 9.97. The quantitative estimate of drug-likeness (QED) is 0.529. The number of nitrogens with zero attached hydrogens (tertiary/aromatic N) is 4. The van der Waals surface area contributed by atoms with Crippen LogP contribution in [0.5, 0.6) is 0 Å². The molecule has 186 valence electrons. The van der Waals surface area contributed by atoms with Crippen LogP contribution in [0.4, 0.5) is 5.82 Å². The van der Waals surface area contributed by atoms with E-state index in [-0.39, 0.29) is 24.0 Å². The highest BCUT2D eigenvalue weighted by Gasteiger charge is 2.31. The van der Waals surface area contributed by atoms with Crippen LogP contribution in [0.1, 0.15) is 60.7 Å². The third kappa shape index (κ3) is 4.75. The van der Waals surface area contributed by atoms with Crippen molar-refractivity contribution in [1.29, 1.82) is 0 Å². The molecule has 1 saturated heterocycles. The molecule has 2 aliphatic heterocycles. The third-order valence-corrected chi connectivity index (χ3v) is 6.81. The summed E-state index contributed by atoms with van der Waals surface area (Å²) in [7, 11) is 0. The zero-order chi connectivity index (χ0) is 25.4. The van der Waals surface area contributed by atoms with Gasteiger partial charge in [-0.25, -0.2) is 9.97 Å². The van der Waals surface area contributed by atoms with E-state index in [0.29, 0.717) is 49.2 Å². The highest BCUT2D eigenvalue weighted by Crippen LogP contribution is 2.32. The number of carbonyl (C=O) groups is 2. The van der Waals surface area contributed by atoms with Crippen molar-refractivity contribution in [2.75, 3.05) is 18.0 Å². The summed E-state index contributed by atoms with van der Waals surface area (Å²) in [6.07, 6.45) is 2.12. The number of anilines is 1. The van der Waals surface area contributed by atoms with Crippen molar-refractivity contribution in [3.05, 3.63) is 77.0 Å². The number of amides is 2. The Labute approximate surface area is 212 Å². The number of hydrogen-bond donors (Lipinski definition) is 0. The molecule has 36 heavy (non-hydrogen) atoms. The molecule has 0 aliphatic carbocycles. The smallest absolute Gasteiger partial charge is 0.254 e. The van der Waals surface area contributed by atoms with Crippen molar-refractivity contribution in [2.45, 2.75) is 58.8 Å². The third-order valence-electron chi connectivity index (χ3n) is 6.81. The van der Waals surface area contributed by atoms with Gasteiger partial charge >= 0.3 is 0 Å². The average molecular weight is 485 g/mol. The molecule has 0 saturated carbocycles. The van der Waals surface area contributed by atoms with Crippen molar-refractivity contribution in [1.82, 2.24) is 14.9 Å². The van der Waals surface area contributed by atoms with E-state index < -0.39 is 0 Å². The molecule has 3 heterocycles. The van der Waals surface area contributed by atoms with Gasteiger partial charge in [-0.15, -0.1) is 0 Å². The molecule has 0 spiro atoms. The van der Waals surface area contributed by atoms with Crippen molar-refractivity contribution >= 4 is 17.6 Å². The van der Waals surface area contributed by atoms with E-state index >= 15 is 0 Å². The maximum absolute atomic E-state index is 13.0. The van der Waals surface area contributed by atoms with Crippen molar-refractivity contribution < 1.29 is 14.3 Å². The Kier molecular flexibility index (Phi) is 6.58. The fraction of sp³-hybridized carbons (Fsp3) is 0.379. The maximum atomic E-state index is 13.0. The summed E-state index contributed by atoms with van der Waals surface area (Å²) in [6, 6.07) is 15.7. The van der Waals surface area contributed by atoms with Crippen molar-refractivity contribution in [2.24, 2.45) is 0 Å². The van der Waals surface area contributed by atoms with E-state index in [1.54, 1.807) is 11.1 Å². The SMILES string of the molecule is CC(C)c1ccccc1-c1ncc2c(n1)N(Cc1ccc(C(=O)N3C[C@@H](C)O[C@@H](C)C3)cc1)C(=O)C2. The van der Waals surface area contributed by atoms with Crippen LogP contribution in [0.3, 0.4) is 0 Å². The summed E-state index contributed by atoms with van der Waals surface area (Å²) in [5.74, 6) is 1.64. The predicted molar refractivity (Wildman–Crippen MR) is 139 cm³/mol. The lowest BCUT2D eigenvalue weighted by Crippen LogP contribution is -2.48. The monoisotopic (exact) mass is 484 g/mol. The molecule has 0 N–H and O–H groups in total. The molecule has 2 atom stereocenters. The first-order chi connectivity index (χ1) is 17.3. The number of morpholine rings is 1. The van der Waals surface area contributed by atoms with Crippen LogP contribution < -0.4 is 4.90 Å². The normalized spacial score (nSPS) is 19.6. The van der Waals surface area contributed by atoms with Gasteiger partial charge in [0.05, 0.1) is 25.2 Å². The summed E-state index contributed by atoms with van der Waals surface area (Å²) in [6.45, 7) is 9.85. The molecule has 2 aromatic carbocycles. The number of aromatic nitrogens is 2. The second-order valence-electron chi connectivity index (χ2n) is 10.1. The summed E-state index contributed by atoms with van der Waals surface area (Å²) < 4.78 is 5.75. The van der Waals surface area contributed by atoms with Gasteiger partial charge in [-0.2, -0.15) is 0 Å². The van der Waals surface area contributed by atoms with Gasteiger partial charge in [0.25, 0.3) is 5.91 Å². The summed E-state index contributed by atoms with van der Waals surface area (Å²) >= 11 is 0. The molecule has 0 unspecified atom stereocenters. The first-order valence-electron chi connectivity index (χ1n) is 12.6. The van der Waals surface area contributed by atoms with E-state index in [1.165, 1.54) is 5.56 Å². The minimum Gasteiger partial charge on any atom is -0.372 e. The summed E-state index contributed by atoms with van der Waals surface area (Å²) in [4.78, 5) is 38.9. The van der Waals surface area contributed by atoms with Gasteiger partial charge in [-0.05, 0) is 43.0 Å². The topological polar surface area (TPSA) is 75.6 Å². The van der Waals surface area contributed by atoms with Crippen LogP contribution in [-0.4, -0.2) is 52.0 Å². The molecule has 1 aromatic heterocycles. The Morgan fingerprint density at radius 3 is 2.44 bits per heavy atom. The second-order valence-corrected chi connectivity index (χ2v) is 10.1. The zero-order valence-electron chi connectivity index (χ0n) is 21.3. The molecular weight excluding hydrogens is 452 g/mol. The second kappa shape index (κ2) is 9.82. The Hall–Kier alpha value is -3.58. The predicted octanol–water partition coefficient (Wildman–Crippen LogP) is 4.61. The fourth-order valence-corrected chi connectivity index (χ4v) is 5.09. The summed E-state index contributed by atoms with van der Waals surface area (Å²) in [5, 5.41) is 0. The standard InChI is InChI=1S/C29H32N4O3/c1-18(2)24-7-5-6-8-25(24)27-30-14-23-13-26(34)33(28(23)31-27)17-21-9-11-22(12-10-21)29(35)32-15-19(3)36-20(4)16-32/h5-12,14,18-20H,13,15-17H2,1-4H3/t19-,20+. The maximum Gasteiger partial charge on any atom is 0.254 e. The van der Waals surface area contributed by atoms with Crippen molar-refractivity contribution in [3.8, 4) is 11.4 Å². The van der Waals surface area contributed by atoms with Gasteiger partial charge < -0.3 is 9.64 Å². The Bertz CT molecular complexity index is 1280. The van der Waals surface area contributed by atoms with Crippen molar-refractivity contribution in [3.63, 3.8) is 0 Å². The highest BCUT2D eigenvalue weighted by atomic mass is 16.5. The number of fused-ring (bicyclic) bond motifs is 1. The minimum atomic E-state index is 0.00467. The number of rotatable bonds is 5. The molecule has 1 fully saturated rings. The number of carbonyl (C=O) groups excluding carboxylic acids is 2. The van der Waals surface area contributed by atoms with E-state index in [0.717, 1.165) is 16.7 Å². The Balaban J connectivity index is 1.36. The van der Waals surface area contributed by atoms with Gasteiger partial charge in [0, 0.05) is 36.0 Å². The molecule has 7 heteroatoms. The molecular formula is C29H32N4O3. The van der Waals surface area contributed by atoms with Crippen LogP contribution in [0.25, 0.3) is 11.4 Å². The highest BCUT2D eigenvalue weighted by molar-refractivity contribution is 6.00. The van der Waals surface area contributed by atoms with Gasteiger partial charge in [0.2, 0.25) is 5.91 Å². The average Bonchev–Trinajstić information content (AvgIpc) is 3.17. The first-order valence-corrected chi connectivity index (χ1v) is 12.6. The molecule has 5 rings (SSSR count). The number of hydrogen-bond acceptors (Lipinski definition) is 5. The largest absolute Gasteiger partial charge is 0.372 e. The van der Waals surface area contributed by atoms with E-state index in [2.05, 4.69) is 24.9 Å². The van der Waals surface area contributed by atoms with Gasteiger partial charge in [0.1, 0.15) is 5.82 Å². The Morgan fingerprint density at radius 2 is 1.75 bits per heavy atom. The molecule has 0 radical (unpaired) electrons. The molecule has 0 bridgehead atoms. The number of benzene rings is 2. The van der Waals surface area contributed by atoms with Crippen LogP contribution in [0, 0.1) is 0 Å². The van der Waals surface area contributed by atoms with Crippen LogP contribution in [0.2, 0.25) is 0 Å². The minimum absolute atomic E-state index is 0.00467.